The van der Waals surface area contributed by atoms with Crippen LogP contribution < -0.4 is 0 Å². The van der Waals surface area contributed by atoms with Crippen molar-refractivity contribution in [3.63, 3.8) is 0 Å². The van der Waals surface area contributed by atoms with Crippen LogP contribution in [0.2, 0.25) is 0 Å². The third kappa shape index (κ3) is 1.58. The normalized spacial score (nSPS) is 16.7. The Labute approximate surface area is 79.6 Å². The first-order valence-corrected chi connectivity index (χ1v) is 5.16. The third-order valence-electron chi connectivity index (χ3n) is 2.05. The molecule has 4 heteroatoms. The predicted octanol–water partition coefficient (Wildman–Crippen LogP) is 1.77. The first-order valence-electron chi connectivity index (χ1n) is 4.00. The molecule has 1 fully saturated rings. The lowest BCUT2D eigenvalue weighted by molar-refractivity contribution is 0.0934. The van der Waals surface area contributed by atoms with Gasteiger partial charge in [-0.2, -0.15) is 11.8 Å². The summed E-state index contributed by atoms with van der Waals surface area (Å²) in [6.07, 6.45) is 2.53. The molecule has 0 unspecified atom stereocenters. The number of carbonyl (C=O) groups is 1. The molecule has 0 atom stereocenters. The molecule has 2 rings (SSSR count). The Hall–Kier alpha value is -0.900. The van der Waals surface area contributed by atoms with E-state index in [0.29, 0.717) is 0 Å². The monoisotopic (exact) mass is 197 g/mol. The van der Waals surface area contributed by atoms with Gasteiger partial charge in [-0.05, 0) is 6.07 Å². The van der Waals surface area contributed by atoms with Crippen LogP contribution in [0.5, 0.6) is 0 Å². The summed E-state index contributed by atoms with van der Waals surface area (Å²) in [7, 11) is 0. The van der Waals surface area contributed by atoms with Gasteiger partial charge in [0.05, 0.1) is 11.8 Å². The number of halogens is 1. The number of pyridine rings is 1. The molecule has 1 saturated heterocycles. The molecule has 0 aliphatic carbocycles. The van der Waals surface area contributed by atoms with Crippen molar-refractivity contribution in [3.8, 4) is 0 Å². The van der Waals surface area contributed by atoms with Gasteiger partial charge in [0.1, 0.15) is 0 Å². The quantitative estimate of drug-likeness (QED) is 0.677. The molecule has 68 valence electrons. The van der Waals surface area contributed by atoms with E-state index < -0.39 is 5.82 Å². The maximum atomic E-state index is 13.1. The molecule has 1 aromatic rings. The summed E-state index contributed by atoms with van der Waals surface area (Å²) < 4.78 is 13.1. The van der Waals surface area contributed by atoms with Crippen molar-refractivity contribution < 1.29 is 9.18 Å². The van der Waals surface area contributed by atoms with Crippen LogP contribution in [0.1, 0.15) is 10.4 Å². The first kappa shape index (κ1) is 8.69. The lowest BCUT2D eigenvalue weighted by atomic mass is 10.0. The summed E-state index contributed by atoms with van der Waals surface area (Å²) in [5.74, 6) is 1.06. The van der Waals surface area contributed by atoms with Gasteiger partial charge >= 0.3 is 0 Å². The molecule has 0 saturated carbocycles. The molecule has 2 heterocycles. The number of hydrogen-bond donors (Lipinski definition) is 0. The molecule has 0 spiro atoms. The average molecular weight is 197 g/mol. The molecule has 0 bridgehead atoms. The Kier molecular flexibility index (Phi) is 2.31. The molecule has 1 aromatic heterocycles. The highest BCUT2D eigenvalue weighted by atomic mass is 32.2. The van der Waals surface area contributed by atoms with E-state index in [9.17, 15) is 9.18 Å². The SMILES string of the molecule is O=C(c1ccncc1F)C1CSC1. The highest BCUT2D eigenvalue weighted by Crippen LogP contribution is 2.28. The van der Waals surface area contributed by atoms with Crippen molar-refractivity contribution in [2.75, 3.05) is 11.5 Å². The van der Waals surface area contributed by atoms with Crippen molar-refractivity contribution in [2.45, 2.75) is 0 Å². The van der Waals surface area contributed by atoms with Gasteiger partial charge in [-0.1, -0.05) is 0 Å². The molecule has 1 aliphatic rings. The summed E-state index contributed by atoms with van der Waals surface area (Å²) in [6.45, 7) is 0. The van der Waals surface area contributed by atoms with Gasteiger partial charge in [-0.15, -0.1) is 0 Å². The molecule has 13 heavy (non-hydrogen) atoms. The van der Waals surface area contributed by atoms with E-state index in [2.05, 4.69) is 4.98 Å². The number of carbonyl (C=O) groups excluding carboxylic acids is 1. The number of Topliss-reactive ketones (excluding diaryl/α,β-unsaturated/α-hetero) is 1. The number of aromatic nitrogens is 1. The summed E-state index contributed by atoms with van der Waals surface area (Å²) in [6, 6.07) is 1.45. The number of thioether (sulfide) groups is 1. The van der Waals surface area contributed by atoms with Crippen molar-refractivity contribution in [3.05, 3.63) is 29.8 Å². The first-order chi connectivity index (χ1) is 6.29. The molecule has 0 radical (unpaired) electrons. The van der Waals surface area contributed by atoms with Crippen LogP contribution in [0, 0.1) is 11.7 Å². The molecule has 2 nitrogen and oxygen atoms in total. The summed E-state index contributed by atoms with van der Waals surface area (Å²) in [5.41, 5.74) is 0.181. The standard InChI is InChI=1S/C9H8FNOS/c10-8-3-11-2-1-7(8)9(12)6-4-13-5-6/h1-3,6H,4-5H2. The van der Waals surface area contributed by atoms with Crippen LogP contribution in [0.25, 0.3) is 0 Å². The second-order valence-corrected chi connectivity index (χ2v) is 4.03. The van der Waals surface area contributed by atoms with Crippen LogP contribution in [-0.2, 0) is 0 Å². The van der Waals surface area contributed by atoms with Crippen LogP contribution in [-0.4, -0.2) is 22.3 Å². The number of rotatable bonds is 2. The van der Waals surface area contributed by atoms with Crippen molar-refractivity contribution in [1.82, 2.24) is 4.98 Å². The van der Waals surface area contributed by atoms with E-state index in [1.165, 1.54) is 12.3 Å². The second-order valence-electron chi connectivity index (χ2n) is 2.95. The van der Waals surface area contributed by atoms with Crippen LogP contribution in [0.4, 0.5) is 4.39 Å². The Balaban J connectivity index is 2.24. The van der Waals surface area contributed by atoms with Crippen molar-refractivity contribution in [2.24, 2.45) is 5.92 Å². The van der Waals surface area contributed by atoms with E-state index in [1.54, 1.807) is 11.8 Å². The van der Waals surface area contributed by atoms with Crippen LogP contribution in [0.3, 0.4) is 0 Å². The topological polar surface area (TPSA) is 30.0 Å². The van der Waals surface area contributed by atoms with Crippen LogP contribution in [0.15, 0.2) is 18.5 Å². The molecular formula is C9H8FNOS. The van der Waals surface area contributed by atoms with Gasteiger partial charge in [0.15, 0.2) is 11.6 Å². The molecule has 0 aromatic carbocycles. The fraction of sp³-hybridized carbons (Fsp3) is 0.333. The molecule has 1 aliphatic heterocycles. The Morgan fingerprint density at radius 3 is 2.92 bits per heavy atom. The maximum Gasteiger partial charge on any atom is 0.170 e. The maximum absolute atomic E-state index is 13.1. The van der Waals surface area contributed by atoms with Gasteiger partial charge in [0.25, 0.3) is 0 Å². The highest BCUT2D eigenvalue weighted by molar-refractivity contribution is 8.00. The lowest BCUT2D eigenvalue weighted by Crippen LogP contribution is -2.28. The number of ketones is 1. The van der Waals surface area contributed by atoms with E-state index >= 15 is 0 Å². The van der Waals surface area contributed by atoms with E-state index in [1.807, 2.05) is 0 Å². The van der Waals surface area contributed by atoms with E-state index in [0.717, 1.165) is 17.7 Å². The van der Waals surface area contributed by atoms with E-state index in [-0.39, 0.29) is 17.3 Å². The van der Waals surface area contributed by atoms with Crippen molar-refractivity contribution >= 4 is 17.5 Å². The van der Waals surface area contributed by atoms with E-state index in [4.69, 9.17) is 0 Å². The zero-order chi connectivity index (χ0) is 9.26. The highest BCUT2D eigenvalue weighted by Gasteiger charge is 2.28. The van der Waals surface area contributed by atoms with Crippen molar-refractivity contribution in [1.29, 1.82) is 0 Å². The molecule has 0 amide bonds. The number of nitrogens with zero attached hydrogens (tertiary/aromatic N) is 1. The third-order valence-corrected chi connectivity index (χ3v) is 3.32. The minimum Gasteiger partial charge on any atom is -0.294 e. The number of hydrogen-bond acceptors (Lipinski definition) is 3. The Morgan fingerprint density at radius 2 is 2.38 bits per heavy atom. The second kappa shape index (κ2) is 3.46. The smallest absolute Gasteiger partial charge is 0.170 e. The summed E-state index contributed by atoms with van der Waals surface area (Å²) >= 11 is 1.72. The zero-order valence-electron chi connectivity index (χ0n) is 6.87. The Morgan fingerprint density at radius 1 is 1.62 bits per heavy atom. The lowest BCUT2D eigenvalue weighted by Gasteiger charge is -2.23. The largest absolute Gasteiger partial charge is 0.294 e. The zero-order valence-corrected chi connectivity index (χ0v) is 7.68. The molecule has 0 N–H and O–H groups in total. The van der Waals surface area contributed by atoms with Gasteiger partial charge in [-0.25, -0.2) is 4.39 Å². The summed E-state index contributed by atoms with van der Waals surface area (Å²) in [5, 5.41) is 0. The minimum absolute atomic E-state index is 0.0156. The average Bonchev–Trinajstić information content (AvgIpc) is 2.01. The fourth-order valence-corrected chi connectivity index (χ4v) is 1.96. The predicted molar refractivity (Wildman–Crippen MR) is 49.3 cm³/mol. The van der Waals surface area contributed by atoms with Gasteiger partial charge in [-0.3, -0.25) is 9.78 Å². The minimum atomic E-state index is -0.510. The van der Waals surface area contributed by atoms with Gasteiger partial charge in [0, 0.05) is 23.6 Å². The molecular weight excluding hydrogens is 189 g/mol. The summed E-state index contributed by atoms with van der Waals surface area (Å²) in [4.78, 5) is 15.2. The van der Waals surface area contributed by atoms with Gasteiger partial charge < -0.3 is 0 Å². The van der Waals surface area contributed by atoms with Gasteiger partial charge in [0.2, 0.25) is 0 Å². The Bertz CT molecular complexity index is 338. The van der Waals surface area contributed by atoms with Crippen LogP contribution >= 0.6 is 11.8 Å². The fourth-order valence-electron chi connectivity index (χ4n) is 1.18.